The maximum absolute atomic E-state index is 13.0. The van der Waals surface area contributed by atoms with Crippen LogP contribution in [0.3, 0.4) is 0 Å². The Hall–Kier alpha value is -3.17. The lowest BCUT2D eigenvalue weighted by Crippen LogP contribution is -2.30. The molecule has 1 aromatic heterocycles. The predicted molar refractivity (Wildman–Crippen MR) is 126 cm³/mol. The Kier molecular flexibility index (Phi) is 7.55. The summed E-state index contributed by atoms with van der Waals surface area (Å²) in [4.78, 5) is 12.9. The van der Waals surface area contributed by atoms with Crippen LogP contribution in [-0.4, -0.2) is 36.9 Å². The van der Waals surface area contributed by atoms with E-state index < -0.39 is 10.0 Å². The third-order valence-electron chi connectivity index (χ3n) is 5.34. The van der Waals surface area contributed by atoms with E-state index in [2.05, 4.69) is 10.5 Å². The standard InChI is InChI=1S/C24H29N3O5S/c1-6-27(7-2)33(29,30)20-12-13-23(31-19-10-8-16(3)9-11-19)22(14-20)25-24(28)15-21-17(4)26-32-18(21)5/h8-14H,6-7,15H2,1-5H3,(H,25,28). The average Bonchev–Trinajstić information content (AvgIpc) is 3.09. The molecule has 2 aromatic carbocycles. The van der Waals surface area contributed by atoms with Crippen molar-refractivity contribution in [1.29, 1.82) is 0 Å². The molecule has 0 bridgehead atoms. The molecule has 9 heteroatoms. The van der Waals surface area contributed by atoms with E-state index in [4.69, 9.17) is 9.26 Å². The summed E-state index contributed by atoms with van der Waals surface area (Å²) in [5.41, 5.74) is 2.67. The molecular formula is C24H29N3O5S. The Morgan fingerprint density at radius 3 is 2.30 bits per heavy atom. The zero-order valence-electron chi connectivity index (χ0n) is 19.5. The van der Waals surface area contributed by atoms with Crippen molar-refractivity contribution >= 4 is 21.6 Å². The molecule has 0 atom stereocenters. The molecule has 0 saturated heterocycles. The Balaban J connectivity index is 1.97. The highest BCUT2D eigenvalue weighted by molar-refractivity contribution is 7.89. The second-order valence-corrected chi connectivity index (χ2v) is 9.63. The van der Waals surface area contributed by atoms with Gasteiger partial charge in [0.2, 0.25) is 15.9 Å². The first-order valence-electron chi connectivity index (χ1n) is 10.8. The van der Waals surface area contributed by atoms with Gasteiger partial charge in [-0.1, -0.05) is 36.7 Å². The molecule has 0 unspecified atom stereocenters. The summed E-state index contributed by atoms with van der Waals surface area (Å²) in [5.74, 6) is 1.14. The van der Waals surface area contributed by atoms with Gasteiger partial charge in [-0.2, -0.15) is 4.31 Å². The zero-order chi connectivity index (χ0) is 24.2. The number of aromatic nitrogens is 1. The van der Waals surface area contributed by atoms with Crippen molar-refractivity contribution in [1.82, 2.24) is 9.46 Å². The Bertz CT molecular complexity index is 1210. The van der Waals surface area contributed by atoms with Gasteiger partial charge in [-0.05, 0) is 51.1 Å². The van der Waals surface area contributed by atoms with Crippen molar-refractivity contribution in [3.63, 3.8) is 0 Å². The molecule has 8 nitrogen and oxygen atoms in total. The third-order valence-corrected chi connectivity index (χ3v) is 7.38. The monoisotopic (exact) mass is 471 g/mol. The van der Waals surface area contributed by atoms with E-state index in [0.717, 1.165) is 5.56 Å². The predicted octanol–water partition coefficient (Wildman–Crippen LogP) is 4.60. The number of nitrogens with one attached hydrogen (secondary N) is 1. The van der Waals surface area contributed by atoms with Gasteiger partial charge < -0.3 is 14.6 Å². The Morgan fingerprint density at radius 2 is 1.73 bits per heavy atom. The molecule has 1 amide bonds. The van der Waals surface area contributed by atoms with Gasteiger partial charge in [0.1, 0.15) is 11.5 Å². The summed E-state index contributed by atoms with van der Waals surface area (Å²) >= 11 is 0. The summed E-state index contributed by atoms with van der Waals surface area (Å²) in [5, 5.41) is 6.68. The lowest BCUT2D eigenvalue weighted by molar-refractivity contribution is -0.115. The molecule has 0 aliphatic rings. The van der Waals surface area contributed by atoms with E-state index in [1.54, 1.807) is 33.8 Å². The highest BCUT2D eigenvalue weighted by atomic mass is 32.2. The summed E-state index contributed by atoms with van der Waals surface area (Å²) < 4.78 is 38.5. The van der Waals surface area contributed by atoms with Crippen LogP contribution in [0.2, 0.25) is 0 Å². The first-order chi connectivity index (χ1) is 15.6. The number of carbonyl (C=O) groups excluding carboxylic acids is 1. The number of amides is 1. The molecule has 3 aromatic rings. The third kappa shape index (κ3) is 5.61. The number of benzene rings is 2. The minimum atomic E-state index is -3.72. The Morgan fingerprint density at radius 1 is 1.06 bits per heavy atom. The molecule has 1 N–H and O–H groups in total. The summed E-state index contributed by atoms with van der Waals surface area (Å²) in [6.45, 7) is 9.72. The number of aryl methyl sites for hydroxylation is 3. The number of hydrogen-bond acceptors (Lipinski definition) is 6. The van der Waals surface area contributed by atoms with E-state index in [-0.39, 0.29) is 22.9 Å². The fourth-order valence-electron chi connectivity index (χ4n) is 3.41. The molecule has 0 fully saturated rings. The number of hydrogen-bond donors (Lipinski definition) is 1. The van der Waals surface area contributed by atoms with Crippen molar-refractivity contribution in [3.8, 4) is 11.5 Å². The lowest BCUT2D eigenvalue weighted by Gasteiger charge is -2.20. The van der Waals surface area contributed by atoms with Gasteiger partial charge in [0, 0.05) is 18.7 Å². The van der Waals surface area contributed by atoms with Crippen LogP contribution >= 0.6 is 0 Å². The van der Waals surface area contributed by atoms with Gasteiger partial charge >= 0.3 is 0 Å². The fourth-order valence-corrected chi connectivity index (χ4v) is 4.90. The topological polar surface area (TPSA) is 102 Å². The first kappa shape index (κ1) is 24.5. The van der Waals surface area contributed by atoms with E-state index in [1.165, 1.54) is 16.4 Å². The fraction of sp³-hybridized carbons (Fsp3) is 0.333. The van der Waals surface area contributed by atoms with E-state index in [9.17, 15) is 13.2 Å². The molecule has 0 spiro atoms. The van der Waals surface area contributed by atoms with Gasteiger partial charge in [0.05, 0.1) is 22.7 Å². The molecule has 0 radical (unpaired) electrons. The van der Waals surface area contributed by atoms with Crippen LogP contribution in [-0.2, 0) is 21.2 Å². The van der Waals surface area contributed by atoms with Crippen LogP contribution in [0.15, 0.2) is 51.9 Å². The second kappa shape index (κ2) is 10.2. The number of rotatable bonds is 9. The van der Waals surface area contributed by atoms with Crippen molar-refractivity contribution < 1.29 is 22.5 Å². The summed E-state index contributed by atoms with van der Waals surface area (Å²) in [6.07, 6.45) is 0.0398. The van der Waals surface area contributed by atoms with Crippen molar-refractivity contribution in [3.05, 3.63) is 65.0 Å². The van der Waals surface area contributed by atoms with Gasteiger partial charge in [-0.25, -0.2) is 8.42 Å². The molecule has 0 aliphatic carbocycles. The zero-order valence-corrected chi connectivity index (χ0v) is 20.3. The van der Waals surface area contributed by atoms with Crippen molar-refractivity contribution in [2.75, 3.05) is 18.4 Å². The number of carbonyl (C=O) groups is 1. The second-order valence-electron chi connectivity index (χ2n) is 7.69. The largest absolute Gasteiger partial charge is 0.455 e. The molecule has 1 heterocycles. The summed E-state index contributed by atoms with van der Waals surface area (Å²) in [6, 6.07) is 11.9. The smallest absolute Gasteiger partial charge is 0.243 e. The minimum absolute atomic E-state index is 0.0398. The molecule has 176 valence electrons. The van der Waals surface area contributed by atoms with E-state index >= 15 is 0 Å². The molecule has 0 saturated carbocycles. The van der Waals surface area contributed by atoms with Crippen LogP contribution in [0.4, 0.5) is 5.69 Å². The number of nitrogens with zero attached hydrogens (tertiary/aromatic N) is 2. The molecular weight excluding hydrogens is 442 g/mol. The highest BCUT2D eigenvalue weighted by Crippen LogP contribution is 2.33. The molecule has 0 aliphatic heterocycles. The van der Waals surface area contributed by atoms with Crippen molar-refractivity contribution in [2.24, 2.45) is 0 Å². The maximum Gasteiger partial charge on any atom is 0.243 e. The van der Waals surface area contributed by atoms with Crippen molar-refractivity contribution in [2.45, 2.75) is 45.9 Å². The van der Waals surface area contributed by atoms with Crippen LogP contribution in [0.25, 0.3) is 0 Å². The lowest BCUT2D eigenvalue weighted by atomic mass is 10.1. The molecule has 3 rings (SSSR count). The number of anilines is 1. The van der Waals surface area contributed by atoms with E-state index in [0.29, 0.717) is 41.6 Å². The number of ether oxygens (including phenoxy) is 1. The quantitative estimate of drug-likeness (QED) is 0.489. The molecule has 33 heavy (non-hydrogen) atoms. The van der Waals surface area contributed by atoms with Gasteiger partial charge in [-0.15, -0.1) is 0 Å². The van der Waals surface area contributed by atoms with Gasteiger partial charge in [-0.3, -0.25) is 4.79 Å². The first-order valence-corrected chi connectivity index (χ1v) is 12.2. The minimum Gasteiger partial charge on any atom is -0.455 e. The van der Waals surface area contributed by atoms with Gasteiger partial charge in [0.25, 0.3) is 0 Å². The van der Waals surface area contributed by atoms with E-state index in [1.807, 2.05) is 31.2 Å². The summed E-state index contributed by atoms with van der Waals surface area (Å²) in [7, 11) is -3.72. The Labute approximate surface area is 194 Å². The SMILES string of the molecule is CCN(CC)S(=O)(=O)c1ccc(Oc2ccc(C)cc2)c(NC(=O)Cc2c(C)noc2C)c1. The highest BCUT2D eigenvalue weighted by Gasteiger charge is 2.24. The van der Waals surface area contributed by atoms with Crippen LogP contribution < -0.4 is 10.1 Å². The van der Waals surface area contributed by atoms with Gasteiger partial charge in [0.15, 0.2) is 5.75 Å². The van der Waals surface area contributed by atoms with Crippen LogP contribution in [0.1, 0.15) is 36.4 Å². The van der Waals surface area contributed by atoms with Crippen LogP contribution in [0.5, 0.6) is 11.5 Å². The maximum atomic E-state index is 13.0. The van der Waals surface area contributed by atoms with Crippen LogP contribution in [0, 0.1) is 20.8 Å². The number of sulfonamides is 1. The average molecular weight is 472 g/mol. The normalized spacial score (nSPS) is 11.6.